The van der Waals surface area contributed by atoms with Gasteiger partial charge in [0.05, 0.1) is 28.1 Å². The second kappa shape index (κ2) is 13.9. The van der Waals surface area contributed by atoms with Gasteiger partial charge in [-0.05, 0) is 68.5 Å². The number of nitrogens with zero attached hydrogens (tertiary/aromatic N) is 4. The molecule has 42 heavy (non-hydrogen) atoms. The predicted octanol–water partition coefficient (Wildman–Crippen LogP) is 5.83. The third kappa shape index (κ3) is 7.35. The van der Waals surface area contributed by atoms with Crippen LogP contribution in [-0.2, 0) is 16.0 Å². The van der Waals surface area contributed by atoms with Crippen LogP contribution in [0.25, 0.3) is 0 Å². The number of benzene rings is 2. The third-order valence-corrected chi connectivity index (χ3v) is 7.94. The zero-order valence-corrected chi connectivity index (χ0v) is 24.5. The molecule has 2 aliphatic rings. The average molecular weight is 595 g/mol. The van der Waals surface area contributed by atoms with Crippen molar-refractivity contribution in [3.8, 4) is 0 Å². The molecule has 11 heteroatoms. The second-order valence-corrected chi connectivity index (χ2v) is 11.0. The minimum Gasteiger partial charge on any atom is -0.378 e. The van der Waals surface area contributed by atoms with Gasteiger partial charge in [-0.25, -0.2) is 14.4 Å². The van der Waals surface area contributed by atoms with E-state index in [0.29, 0.717) is 30.9 Å². The first kappa shape index (κ1) is 29.7. The van der Waals surface area contributed by atoms with Crippen LogP contribution >= 0.6 is 11.6 Å². The average Bonchev–Trinajstić information content (AvgIpc) is 3.53. The first-order valence-electron chi connectivity index (χ1n) is 14.5. The van der Waals surface area contributed by atoms with Crippen LogP contribution in [0.15, 0.2) is 48.7 Å². The van der Waals surface area contributed by atoms with E-state index in [1.165, 1.54) is 24.4 Å². The standard InChI is InChI=1S/C31H36ClFN6O3/c1-2-5-28(40)39-17-15-38(16-18-39)22-11-9-21(10-12-22)35-31-34-20-24(27(36-31)14-13-23-6-4-19-42-23)30(41)37-29-25(32)7-3-8-26(29)33/h3,7-12,20,23H,2,4-6,13-19H2,1H3,(H,37,41)(H,34,35,36). The van der Waals surface area contributed by atoms with Crippen LogP contribution in [0, 0.1) is 5.82 Å². The van der Waals surface area contributed by atoms with Gasteiger partial charge >= 0.3 is 0 Å². The number of aromatic nitrogens is 2. The molecule has 0 radical (unpaired) electrons. The lowest BCUT2D eigenvalue weighted by atomic mass is 10.1. The van der Waals surface area contributed by atoms with Crippen molar-refractivity contribution < 1.29 is 18.7 Å². The summed E-state index contributed by atoms with van der Waals surface area (Å²) in [7, 11) is 0. The van der Waals surface area contributed by atoms with E-state index in [4.69, 9.17) is 16.3 Å². The molecule has 0 saturated carbocycles. The number of rotatable bonds is 10. The number of aryl methyl sites for hydroxylation is 1. The Morgan fingerprint density at radius 3 is 2.60 bits per heavy atom. The Morgan fingerprint density at radius 1 is 1.12 bits per heavy atom. The Bertz CT molecular complexity index is 1370. The summed E-state index contributed by atoms with van der Waals surface area (Å²) in [6, 6.07) is 12.2. The van der Waals surface area contributed by atoms with Crippen LogP contribution in [0.5, 0.6) is 0 Å². The van der Waals surface area contributed by atoms with Crippen LogP contribution in [0.3, 0.4) is 0 Å². The number of carbonyl (C=O) groups excluding carboxylic acids is 2. The molecular formula is C31H36ClFN6O3. The molecule has 1 unspecified atom stereocenters. The van der Waals surface area contributed by atoms with Crippen molar-refractivity contribution in [2.45, 2.75) is 51.6 Å². The van der Waals surface area contributed by atoms with Crippen LogP contribution in [0.2, 0.25) is 5.02 Å². The largest absolute Gasteiger partial charge is 0.378 e. The van der Waals surface area contributed by atoms with Gasteiger partial charge in [0.15, 0.2) is 0 Å². The maximum absolute atomic E-state index is 14.3. The van der Waals surface area contributed by atoms with Crippen molar-refractivity contribution in [3.05, 3.63) is 70.8 Å². The fourth-order valence-electron chi connectivity index (χ4n) is 5.30. The van der Waals surface area contributed by atoms with Gasteiger partial charge in [0.1, 0.15) is 5.82 Å². The lowest BCUT2D eigenvalue weighted by Crippen LogP contribution is -2.48. The number of carbonyl (C=O) groups is 2. The normalized spacial score (nSPS) is 16.9. The third-order valence-electron chi connectivity index (χ3n) is 7.63. The van der Waals surface area contributed by atoms with Crippen LogP contribution in [0.1, 0.15) is 55.1 Å². The fraction of sp³-hybridized carbons (Fsp3) is 0.419. The molecule has 2 saturated heterocycles. The highest BCUT2D eigenvalue weighted by molar-refractivity contribution is 6.34. The van der Waals surface area contributed by atoms with Gasteiger partial charge in [0.2, 0.25) is 11.9 Å². The quantitative estimate of drug-likeness (QED) is 0.305. The summed E-state index contributed by atoms with van der Waals surface area (Å²) in [5.74, 6) is -0.567. The number of nitrogens with one attached hydrogen (secondary N) is 2. The zero-order valence-electron chi connectivity index (χ0n) is 23.7. The van der Waals surface area contributed by atoms with E-state index in [9.17, 15) is 14.0 Å². The lowest BCUT2D eigenvalue weighted by molar-refractivity contribution is -0.131. The van der Waals surface area contributed by atoms with Gasteiger partial charge in [-0.2, -0.15) is 0 Å². The summed E-state index contributed by atoms with van der Waals surface area (Å²) in [5.41, 5.74) is 2.60. The van der Waals surface area contributed by atoms with E-state index in [0.717, 1.165) is 63.4 Å². The van der Waals surface area contributed by atoms with Crippen molar-refractivity contribution in [2.24, 2.45) is 0 Å². The second-order valence-electron chi connectivity index (χ2n) is 10.6. The summed E-state index contributed by atoms with van der Waals surface area (Å²) in [4.78, 5) is 38.7. The molecule has 0 spiro atoms. The molecule has 3 heterocycles. The molecule has 1 aromatic heterocycles. The van der Waals surface area contributed by atoms with E-state index < -0.39 is 11.7 Å². The highest BCUT2D eigenvalue weighted by Gasteiger charge is 2.22. The molecular weight excluding hydrogens is 559 g/mol. The van der Waals surface area contributed by atoms with Gasteiger partial charge in [0.25, 0.3) is 5.91 Å². The highest BCUT2D eigenvalue weighted by Crippen LogP contribution is 2.27. The first-order valence-corrected chi connectivity index (χ1v) is 14.9. The zero-order chi connectivity index (χ0) is 29.5. The minimum absolute atomic E-state index is 0.0782. The summed E-state index contributed by atoms with van der Waals surface area (Å²) in [5, 5.41) is 5.93. The molecule has 2 N–H and O–H groups in total. The number of halogens is 2. The maximum Gasteiger partial charge on any atom is 0.259 e. The molecule has 222 valence electrons. The molecule has 2 aromatic carbocycles. The molecule has 3 aromatic rings. The topological polar surface area (TPSA) is 99.7 Å². The Balaban J connectivity index is 1.27. The SMILES string of the molecule is CCCC(=O)N1CCN(c2ccc(Nc3ncc(C(=O)Nc4c(F)cccc4Cl)c(CCC4CCCO4)n3)cc2)CC1. The van der Waals surface area contributed by atoms with Crippen molar-refractivity contribution in [1.82, 2.24) is 14.9 Å². The van der Waals surface area contributed by atoms with Gasteiger partial charge in [0, 0.05) is 56.8 Å². The minimum atomic E-state index is -0.619. The molecule has 0 bridgehead atoms. The molecule has 2 fully saturated rings. The molecule has 9 nitrogen and oxygen atoms in total. The Hall–Kier alpha value is -3.76. The predicted molar refractivity (Wildman–Crippen MR) is 162 cm³/mol. The molecule has 5 rings (SSSR count). The fourth-order valence-corrected chi connectivity index (χ4v) is 5.51. The van der Waals surface area contributed by atoms with Crippen molar-refractivity contribution in [2.75, 3.05) is 48.3 Å². The number of amides is 2. The number of hydrogen-bond donors (Lipinski definition) is 2. The Kier molecular flexibility index (Phi) is 9.86. The number of piperazine rings is 1. The van der Waals surface area contributed by atoms with Crippen molar-refractivity contribution in [1.29, 1.82) is 0 Å². The van der Waals surface area contributed by atoms with Crippen LogP contribution in [-0.4, -0.2) is 65.6 Å². The Labute approximate surface area is 250 Å². The monoisotopic (exact) mass is 594 g/mol. The van der Waals surface area contributed by atoms with Gasteiger partial charge in [-0.15, -0.1) is 0 Å². The molecule has 1 atom stereocenters. The summed E-state index contributed by atoms with van der Waals surface area (Å²) in [6.45, 7) is 5.80. The maximum atomic E-state index is 14.3. The number of anilines is 4. The molecule has 0 aliphatic carbocycles. The number of hydrogen-bond acceptors (Lipinski definition) is 7. The van der Waals surface area contributed by atoms with Crippen molar-refractivity contribution >= 4 is 46.4 Å². The van der Waals surface area contributed by atoms with E-state index in [-0.39, 0.29) is 28.3 Å². The van der Waals surface area contributed by atoms with Crippen molar-refractivity contribution in [3.63, 3.8) is 0 Å². The van der Waals surface area contributed by atoms with Crippen LogP contribution < -0.4 is 15.5 Å². The molecule has 2 aliphatic heterocycles. The Morgan fingerprint density at radius 2 is 1.90 bits per heavy atom. The summed E-state index contributed by atoms with van der Waals surface area (Å²) in [6.07, 6.45) is 6.24. The first-order chi connectivity index (χ1) is 20.4. The molecule has 2 amide bonds. The van der Waals surface area contributed by atoms with Gasteiger partial charge in [-0.3, -0.25) is 9.59 Å². The number of ether oxygens (including phenoxy) is 1. The van der Waals surface area contributed by atoms with Gasteiger partial charge in [-0.1, -0.05) is 24.6 Å². The van der Waals surface area contributed by atoms with E-state index >= 15 is 0 Å². The van der Waals surface area contributed by atoms with E-state index in [1.54, 1.807) is 0 Å². The highest BCUT2D eigenvalue weighted by atomic mass is 35.5. The smallest absolute Gasteiger partial charge is 0.259 e. The number of para-hydroxylation sites is 1. The summed E-state index contributed by atoms with van der Waals surface area (Å²) < 4.78 is 20.1. The lowest BCUT2D eigenvalue weighted by Gasteiger charge is -2.36. The van der Waals surface area contributed by atoms with Gasteiger partial charge < -0.3 is 25.2 Å². The summed E-state index contributed by atoms with van der Waals surface area (Å²) >= 11 is 6.12. The van der Waals surface area contributed by atoms with E-state index in [1.807, 2.05) is 36.1 Å². The van der Waals surface area contributed by atoms with E-state index in [2.05, 4.69) is 25.5 Å². The van der Waals surface area contributed by atoms with Crippen LogP contribution in [0.4, 0.5) is 27.4 Å².